The van der Waals surface area contributed by atoms with E-state index in [1.807, 2.05) is 35.3 Å². The molecule has 4 rings (SSSR count). The van der Waals surface area contributed by atoms with Crippen LogP contribution in [0, 0.1) is 0 Å². The summed E-state index contributed by atoms with van der Waals surface area (Å²) in [5, 5.41) is 6.92. The first-order chi connectivity index (χ1) is 18.6. The van der Waals surface area contributed by atoms with Crippen molar-refractivity contribution >= 4 is 17.8 Å². The Morgan fingerprint density at radius 2 is 1.79 bits per heavy atom. The highest BCUT2D eigenvalue weighted by Gasteiger charge is 2.43. The molecule has 10 nitrogen and oxygen atoms in total. The quantitative estimate of drug-likeness (QED) is 0.426. The van der Waals surface area contributed by atoms with E-state index in [9.17, 15) is 14.4 Å². The lowest BCUT2D eigenvalue weighted by molar-refractivity contribution is -0.178. The van der Waals surface area contributed by atoms with E-state index in [4.69, 9.17) is 14.2 Å². The fourth-order valence-electron chi connectivity index (χ4n) is 5.45. The lowest BCUT2D eigenvalue weighted by atomic mass is 10.0. The van der Waals surface area contributed by atoms with Crippen molar-refractivity contribution < 1.29 is 28.6 Å². The summed E-state index contributed by atoms with van der Waals surface area (Å²) in [7, 11) is 0. The molecule has 210 valence electrons. The van der Waals surface area contributed by atoms with Gasteiger partial charge < -0.3 is 14.2 Å². The van der Waals surface area contributed by atoms with Crippen molar-refractivity contribution in [2.24, 2.45) is 0 Å². The molecule has 3 atom stereocenters. The van der Waals surface area contributed by atoms with Crippen molar-refractivity contribution in [3.05, 3.63) is 35.9 Å². The number of morpholine rings is 1. The van der Waals surface area contributed by atoms with Gasteiger partial charge in [0.15, 0.2) is 0 Å². The molecule has 3 saturated heterocycles. The number of aryl methyl sites for hydroxylation is 1. The Labute approximate surface area is 225 Å². The van der Waals surface area contributed by atoms with Gasteiger partial charge in [0.2, 0.25) is 0 Å². The second-order valence-corrected chi connectivity index (χ2v) is 10.1. The number of hydrogen-bond donors (Lipinski definition) is 1. The number of esters is 2. The topological polar surface area (TPSA) is 101 Å². The minimum atomic E-state index is -0.645. The Morgan fingerprint density at radius 3 is 2.53 bits per heavy atom. The number of hydrogen-bond acceptors (Lipinski definition) is 9. The number of fused-ring (bicyclic) bond motifs is 1. The molecule has 1 amide bonds. The van der Waals surface area contributed by atoms with Crippen LogP contribution in [0.25, 0.3) is 0 Å². The number of carbonyl (C=O) groups is 3. The van der Waals surface area contributed by atoms with Gasteiger partial charge in [-0.3, -0.25) is 24.8 Å². The van der Waals surface area contributed by atoms with Gasteiger partial charge in [0, 0.05) is 32.7 Å². The molecule has 0 spiro atoms. The van der Waals surface area contributed by atoms with Crippen molar-refractivity contribution in [1.82, 2.24) is 20.2 Å². The van der Waals surface area contributed by atoms with Crippen molar-refractivity contribution in [1.29, 1.82) is 0 Å². The molecule has 0 radical (unpaired) electrons. The zero-order chi connectivity index (χ0) is 26.7. The third-order valence-corrected chi connectivity index (χ3v) is 7.49. The van der Waals surface area contributed by atoms with Crippen LogP contribution in [0.1, 0.15) is 44.6 Å². The van der Waals surface area contributed by atoms with Crippen LogP contribution in [0.2, 0.25) is 0 Å². The van der Waals surface area contributed by atoms with Crippen LogP contribution in [0.15, 0.2) is 30.3 Å². The number of carbonyl (C=O) groups excluding carboxylic acids is 3. The van der Waals surface area contributed by atoms with Gasteiger partial charge in [-0.05, 0) is 51.0 Å². The summed E-state index contributed by atoms with van der Waals surface area (Å²) < 4.78 is 16.4. The van der Waals surface area contributed by atoms with E-state index in [1.165, 1.54) is 0 Å². The second kappa shape index (κ2) is 14.6. The molecule has 1 aromatic rings. The van der Waals surface area contributed by atoms with E-state index < -0.39 is 18.1 Å². The predicted octanol–water partition coefficient (Wildman–Crippen LogP) is 1.39. The number of hydrazine groups is 1. The molecule has 3 aliphatic rings. The molecular weight excluding hydrogens is 488 g/mol. The zero-order valence-electron chi connectivity index (χ0n) is 22.5. The fraction of sp³-hybridized carbons (Fsp3) is 0.679. The Balaban J connectivity index is 1.40. The van der Waals surface area contributed by atoms with Crippen molar-refractivity contribution in [3.63, 3.8) is 0 Å². The van der Waals surface area contributed by atoms with Crippen LogP contribution in [0.5, 0.6) is 0 Å². The third kappa shape index (κ3) is 7.75. The molecule has 10 heteroatoms. The van der Waals surface area contributed by atoms with E-state index in [0.29, 0.717) is 58.6 Å². The van der Waals surface area contributed by atoms with E-state index >= 15 is 0 Å². The summed E-state index contributed by atoms with van der Waals surface area (Å²) in [5.41, 5.74) is 1.12. The Bertz CT molecular complexity index is 910. The molecule has 1 unspecified atom stereocenters. The first-order valence-electron chi connectivity index (χ1n) is 14.1. The molecule has 1 N–H and O–H groups in total. The number of ether oxygens (including phenoxy) is 3. The van der Waals surface area contributed by atoms with Gasteiger partial charge >= 0.3 is 11.9 Å². The molecule has 38 heavy (non-hydrogen) atoms. The fourth-order valence-corrected chi connectivity index (χ4v) is 5.45. The molecule has 3 fully saturated rings. The van der Waals surface area contributed by atoms with Crippen molar-refractivity contribution in [2.75, 3.05) is 59.2 Å². The average Bonchev–Trinajstić information content (AvgIpc) is 3.10. The molecule has 3 aliphatic heterocycles. The second-order valence-electron chi connectivity index (χ2n) is 10.1. The number of nitrogens with zero attached hydrogens (tertiary/aromatic N) is 3. The summed E-state index contributed by atoms with van der Waals surface area (Å²) in [6.45, 7) is 7.48. The highest BCUT2D eigenvalue weighted by molar-refractivity contribution is 5.88. The largest absolute Gasteiger partial charge is 0.465 e. The third-order valence-electron chi connectivity index (χ3n) is 7.49. The zero-order valence-corrected chi connectivity index (χ0v) is 22.5. The van der Waals surface area contributed by atoms with Gasteiger partial charge in [0.25, 0.3) is 5.91 Å². The summed E-state index contributed by atoms with van der Waals surface area (Å²) in [4.78, 5) is 42.0. The lowest BCUT2D eigenvalue weighted by Crippen LogP contribution is -2.62. The number of amides is 1. The van der Waals surface area contributed by atoms with Crippen LogP contribution in [0.3, 0.4) is 0 Å². The number of benzene rings is 1. The first kappa shape index (κ1) is 28.5. The Kier molecular flexibility index (Phi) is 10.9. The molecule has 1 aromatic carbocycles. The number of rotatable bonds is 11. The lowest BCUT2D eigenvalue weighted by Gasteiger charge is -2.43. The molecule has 0 saturated carbocycles. The Morgan fingerprint density at radius 1 is 1.05 bits per heavy atom. The standard InChI is InChI=1S/C28H42N4O6/c1-2-37-27(34)24(13-12-22-8-4-3-5-9-22)29-23-10-6-14-31-15-7-11-25(32(31)26(23)33)28(35)38-21-18-30-16-19-36-20-17-30/h3-5,8-9,23-25,29H,2,6-7,10-21H2,1H3/t23?,24-,25-/m0/s1. The average molecular weight is 531 g/mol. The monoisotopic (exact) mass is 530 g/mol. The highest BCUT2D eigenvalue weighted by Crippen LogP contribution is 2.25. The minimum Gasteiger partial charge on any atom is -0.465 e. The molecular formula is C28H42N4O6. The first-order valence-corrected chi connectivity index (χ1v) is 14.1. The van der Waals surface area contributed by atoms with E-state index in [2.05, 4.69) is 10.2 Å². The normalized spacial score (nSPS) is 23.8. The summed E-state index contributed by atoms with van der Waals surface area (Å²) in [6.07, 6.45) is 3.97. The summed E-state index contributed by atoms with van der Waals surface area (Å²) >= 11 is 0. The molecule has 3 heterocycles. The van der Waals surface area contributed by atoms with E-state index in [1.54, 1.807) is 11.9 Å². The van der Waals surface area contributed by atoms with Gasteiger partial charge in [-0.2, -0.15) is 0 Å². The molecule has 0 aliphatic carbocycles. The van der Waals surface area contributed by atoms with E-state index in [-0.39, 0.29) is 24.5 Å². The van der Waals surface area contributed by atoms with Gasteiger partial charge in [-0.15, -0.1) is 0 Å². The van der Waals surface area contributed by atoms with Gasteiger partial charge in [0.1, 0.15) is 18.7 Å². The Hall–Kier alpha value is -2.53. The van der Waals surface area contributed by atoms with Crippen molar-refractivity contribution in [3.8, 4) is 0 Å². The van der Waals surface area contributed by atoms with E-state index in [0.717, 1.165) is 38.0 Å². The maximum Gasteiger partial charge on any atom is 0.330 e. The minimum absolute atomic E-state index is 0.175. The van der Waals surface area contributed by atoms with Crippen LogP contribution < -0.4 is 5.32 Å². The predicted molar refractivity (Wildman–Crippen MR) is 141 cm³/mol. The summed E-state index contributed by atoms with van der Waals surface area (Å²) in [6, 6.07) is 8.13. The number of nitrogens with one attached hydrogen (secondary N) is 1. The summed E-state index contributed by atoms with van der Waals surface area (Å²) in [5.74, 6) is -0.885. The van der Waals surface area contributed by atoms with Crippen LogP contribution >= 0.6 is 0 Å². The highest BCUT2D eigenvalue weighted by atomic mass is 16.5. The van der Waals surface area contributed by atoms with Crippen molar-refractivity contribution in [2.45, 2.75) is 63.6 Å². The van der Waals surface area contributed by atoms with Gasteiger partial charge in [-0.25, -0.2) is 9.80 Å². The molecule has 0 aromatic heterocycles. The van der Waals surface area contributed by atoms with Crippen LogP contribution in [0.4, 0.5) is 0 Å². The maximum atomic E-state index is 13.8. The SMILES string of the molecule is CCOC(=O)[C@H](CCc1ccccc1)NC1CCCN2CCC[C@@H](C(=O)OCCN3CCOCC3)N2C1=O. The van der Waals surface area contributed by atoms with Gasteiger partial charge in [-0.1, -0.05) is 30.3 Å². The van der Waals surface area contributed by atoms with Gasteiger partial charge in [0.05, 0.1) is 25.9 Å². The maximum absolute atomic E-state index is 13.8. The van der Waals surface area contributed by atoms with Crippen LogP contribution in [-0.2, 0) is 35.0 Å². The smallest absolute Gasteiger partial charge is 0.330 e. The van der Waals surface area contributed by atoms with Crippen LogP contribution in [-0.4, -0.2) is 110 Å². The molecule has 0 bridgehead atoms.